The van der Waals surface area contributed by atoms with Gasteiger partial charge in [-0.15, -0.1) is 12.4 Å². The molecule has 1 amide bonds. The van der Waals surface area contributed by atoms with Gasteiger partial charge in [-0.05, 0) is 62.9 Å². The van der Waals surface area contributed by atoms with Crippen molar-refractivity contribution in [3.05, 3.63) is 34.3 Å². The summed E-state index contributed by atoms with van der Waals surface area (Å²) < 4.78 is 1.07. The number of hydrogen-bond acceptors (Lipinski definition) is 2. The first-order chi connectivity index (χ1) is 11.7. The molecule has 0 radical (unpaired) electrons. The largest absolute Gasteiger partial charge is 0.342 e. The van der Waals surface area contributed by atoms with Crippen molar-refractivity contribution in [3.8, 4) is 0 Å². The van der Waals surface area contributed by atoms with E-state index in [1.807, 2.05) is 13.1 Å². The summed E-state index contributed by atoms with van der Waals surface area (Å²) in [5.41, 5.74) is 0.914. The minimum Gasteiger partial charge on any atom is -0.342 e. The van der Waals surface area contributed by atoms with E-state index in [4.69, 9.17) is 0 Å². The van der Waals surface area contributed by atoms with Crippen LogP contribution >= 0.6 is 28.3 Å². The number of amides is 1. The van der Waals surface area contributed by atoms with Gasteiger partial charge in [0.2, 0.25) is 5.91 Å². The molecule has 1 aliphatic heterocycles. The maximum atomic E-state index is 13.5. The van der Waals surface area contributed by atoms with Gasteiger partial charge in [-0.3, -0.25) is 4.79 Å². The number of halogens is 2. The Morgan fingerprint density at radius 1 is 1.24 bits per heavy atom. The molecule has 0 spiro atoms. The van der Waals surface area contributed by atoms with Gasteiger partial charge in [0.15, 0.2) is 0 Å². The maximum Gasteiger partial charge on any atom is 0.233 e. The lowest BCUT2D eigenvalue weighted by atomic mass is 9.68. The molecule has 0 unspecified atom stereocenters. The molecule has 1 saturated carbocycles. The molecule has 1 aliphatic carbocycles. The predicted molar refractivity (Wildman–Crippen MR) is 109 cm³/mol. The van der Waals surface area contributed by atoms with Gasteiger partial charge >= 0.3 is 0 Å². The molecule has 1 N–H and O–H groups in total. The summed E-state index contributed by atoms with van der Waals surface area (Å²) in [4.78, 5) is 15.7. The van der Waals surface area contributed by atoms with Gasteiger partial charge in [0, 0.05) is 17.6 Å². The van der Waals surface area contributed by atoms with E-state index in [0.717, 1.165) is 62.6 Å². The summed E-state index contributed by atoms with van der Waals surface area (Å²) in [6.45, 7) is 2.90. The van der Waals surface area contributed by atoms with Gasteiger partial charge in [-0.2, -0.15) is 0 Å². The summed E-state index contributed by atoms with van der Waals surface area (Å²) in [5.74, 6) is 1.09. The number of carbonyl (C=O) groups excluding carboxylic acids is 1. The highest BCUT2D eigenvalue weighted by atomic mass is 79.9. The number of nitrogens with one attached hydrogen (secondary N) is 1. The van der Waals surface area contributed by atoms with E-state index in [1.165, 1.54) is 12.0 Å². The molecule has 1 saturated heterocycles. The zero-order valence-corrected chi connectivity index (χ0v) is 17.5. The van der Waals surface area contributed by atoms with E-state index >= 15 is 0 Å². The van der Waals surface area contributed by atoms with E-state index in [0.29, 0.717) is 11.8 Å². The van der Waals surface area contributed by atoms with Crippen LogP contribution in [0.5, 0.6) is 0 Å². The lowest BCUT2D eigenvalue weighted by Crippen LogP contribution is -2.51. The Bertz CT molecular complexity index is 567. The van der Waals surface area contributed by atoms with Gasteiger partial charge in [-0.1, -0.05) is 47.3 Å². The molecule has 2 fully saturated rings. The molecule has 140 valence electrons. The van der Waals surface area contributed by atoms with Crippen LogP contribution in [-0.4, -0.2) is 37.5 Å². The van der Waals surface area contributed by atoms with E-state index in [-0.39, 0.29) is 17.8 Å². The molecule has 3 rings (SSSR count). The zero-order valence-electron chi connectivity index (χ0n) is 15.1. The third-order valence-corrected chi connectivity index (χ3v) is 6.38. The average Bonchev–Trinajstić information content (AvgIpc) is 2.63. The third-order valence-electron chi connectivity index (χ3n) is 5.89. The van der Waals surface area contributed by atoms with Crippen LogP contribution in [0.4, 0.5) is 0 Å². The molecule has 2 aliphatic rings. The number of benzene rings is 1. The molecule has 1 aromatic carbocycles. The Balaban J connectivity index is 0.00000225. The van der Waals surface area contributed by atoms with Crippen molar-refractivity contribution in [2.24, 2.45) is 5.92 Å². The fourth-order valence-electron chi connectivity index (χ4n) is 4.50. The van der Waals surface area contributed by atoms with Crippen molar-refractivity contribution >= 4 is 34.2 Å². The van der Waals surface area contributed by atoms with Gasteiger partial charge in [-0.25, -0.2) is 0 Å². The normalized spacial score (nSPS) is 20.8. The predicted octanol–water partition coefficient (Wildman–Crippen LogP) is 4.53. The molecule has 1 heterocycles. The van der Waals surface area contributed by atoms with Crippen molar-refractivity contribution in [2.45, 2.75) is 50.4 Å². The van der Waals surface area contributed by atoms with Crippen LogP contribution in [-0.2, 0) is 10.2 Å². The average molecular weight is 430 g/mol. The van der Waals surface area contributed by atoms with E-state index in [9.17, 15) is 4.79 Å². The van der Waals surface area contributed by atoms with E-state index in [1.54, 1.807) is 0 Å². The Morgan fingerprint density at radius 3 is 2.52 bits per heavy atom. The zero-order chi connectivity index (χ0) is 17.0. The fraction of sp³-hybridized carbons (Fsp3) is 0.650. The Labute approximate surface area is 166 Å². The Kier molecular flexibility index (Phi) is 7.78. The smallest absolute Gasteiger partial charge is 0.233 e. The van der Waals surface area contributed by atoms with Crippen molar-refractivity contribution in [1.82, 2.24) is 10.2 Å². The van der Waals surface area contributed by atoms with E-state index in [2.05, 4.69) is 44.3 Å². The van der Waals surface area contributed by atoms with Crippen LogP contribution in [0.3, 0.4) is 0 Å². The molecule has 1 aromatic rings. The first-order valence-corrected chi connectivity index (χ1v) is 10.1. The number of carbonyl (C=O) groups is 1. The SMILES string of the molecule is CNCC1CCN(C(=O)C2(c3cccc(Br)c3)CCCCC2)CC1.Cl. The van der Waals surface area contributed by atoms with Crippen molar-refractivity contribution in [1.29, 1.82) is 0 Å². The van der Waals surface area contributed by atoms with Crippen LogP contribution in [0.15, 0.2) is 28.7 Å². The van der Waals surface area contributed by atoms with Crippen LogP contribution in [0.25, 0.3) is 0 Å². The topological polar surface area (TPSA) is 32.3 Å². The summed E-state index contributed by atoms with van der Waals surface area (Å²) in [5, 5.41) is 3.28. The fourth-order valence-corrected chi connectivity index (χ4v) is 4.90. The summed E-state index contributed by atoms with van der Waals surface area (Å²) in [7, 11) is 2.02. The molecule has 3 nitrogen and oxygen atoms in total. The Morgan fingerprint density at radius 2 is 1.92 bits per heavy atom. The summed E-state index contributed by atoms with van der Waals surface area (Å²) in [6, 6.07) is 8.44. The van der Waals surface area contributed by atoms with Crippen molar-refractivity contribution < 1.29 is 4.79 Å². The van der Waals surface area contributed by atoms with Crippen LogP contribution in [0.2, 0.25) is 0 Å². The first kappa shape index (κ1) is 20.7. The summed E-state index contributed by atoms with van der Waals surface area (Å²) >= 11 is 3.59. The minimum absolute atomic E-state index is 0. The summed E-state index contributed by atoms with van der Waals surface area (Å²) in [6.07, 6.45) is 7.83. The number of nitrogens with zero attached hydrogens (tertiary/aromatic N) is 1. The highest BCUT2D eigenvalue weighted by Gasteiger charge is 2.44. The minimum atomic E-state index is -0.294. The molecule has 0 bridgehead atoms. The monoisotopic (exact) mass is 428 g/mol. The van der Waals surface area contributed by atoms with Gasteiger partial charge < -0.3 is 10.2 Å². The molecule has 25 heavy (non-hydrogen) atoms. The number of hydrogen-bond donors (Lipinski definition) is 1. The van der Waals surface area contributed by atoms with Crippen LogP contribution in [0, 0.1) is 5.92 Å². The molecule has 0 aromatic heterocycles. The number of rotatable bonds is 4. The third kappa shape index (κ3) is 4.58. The molecular weight excluding hydrogens is 400 g/mol. The van der Waals surface area contributed by atoms with Gasteiger partial charge in [0.1, 0.15) is 0 Å². The van der Waals surface area contributed by atoms with Crippen LogP contribution in [0.1, 0.15) is 50.5 Å². The number of likely N-dealkylation sites (tertiary alicyclic amines) is 1. The van der Waals surface area contributed by atoms with Crippen molar-refractivity contribution in [3.63, 3.8) is 0 Å². The van der Waals surface area contributed by atoms with Gasteiger partial charge in [0.25, 0.3) is 0 Å². The molecule has 0 atom stereocenters. The Hall–Kier alpha value is -0.580. The lowest BCUT2D eigenvalue weighted by molar-refractivity contribution is -0.140. The molecular formula is C20H30BrClN2O. The second-order valence-corrected chi connectivity index (χ2v) is 8.36. The van der Waals surface area contributed by atoms with Crippen molar-refractivity contribution in [2.75, 3.05) is 26.7 Å². The quantitative estimate of drug-likeness (QED) is 0.762. The van der Waals surface area contributed by atoms with E-state index < -0.39 is 0 Å². The maximum absolute atomic E-state index is 13.5. The number of piperidine rings is 1. The standard InChI is InChI=1S/C20H29BrN2O.ClH/c1-22-15-16-8-12-23(13-9-16)19(24)20(10-3-2-4-11-20)17-6-5-7-18(21)14-17;/h5-7,14,16,22H,2-4,8-13,15H2,1H3;1H. The second kappa shape index (κ2) is 9.38. The first-order valence-electron chi connectivity index (χ1n) is 9.36. The second-order valence-electron chi connectivity index (χ2n) is 7.45. The van der Waals surface area contributed by atoms with Crippen LogP contribution < -0.4 is 5.32 Å². The molecule has 5 heteroatoms. The van der Waals surface area contributed by atoms with Gasteiger partial charge in [0.05, 0.1) is 5.41 Å². The lowest BCUT2D eigenvalue weighted by Gasteiger charge is -2.42. The highest BCUT2D eigenvalue weighted by molar-refractivity contribution is 9.10. The highest BCUT2D eigenvalue weighted by Crippen LogP contribution is 2.42.